The van der Waals surface area contributed by atoms with Crippen molar-refractivity contribution in [3.8, 4) is 11.4 Å². The van der Waals surface area contributed by atoms with Crippen molar-refractivity contribution in [1.29, 1.82) is 10.8 Å². The monoisotopic (exact) mass is 270 g/mol. The number of hydrogen-bond acceptors (Lipinski definition) is 6. The first-order chi connectivity index (χ1) is 9.65. The molecule has 0 aliphatic carbocycles. The van der Waals surface area contributed by atoms with Gasteiger partial charge in [-0.25, -0.2) is 0 Å². The molecule has 0 aliphatic heterocycles. The van der Waals surface area contributed by atoms with Crippen LogP contribution in [0.3, 0.4) is 0 Å². The van der Waals surface area contributed by atoms with Crippen molar-refractivity contribution in [1.82, 2.24) is 9.97 Å². The summed E-state index contributed by atoms with van der Waals surface area (Å²) in [7, 11) is 2.89. The van der Waals surface area contributed by atoms with E-state index in [2.05, 4.69) is 9.97 Å². The fraction of sp³-hybridized carbons (Fsp3) is 0.143. The van der Waals surface area contributed by atoms with Crippen molar-refractivity contribution in [2.24, 2.45) is 0 Å². The molecule has 0 spiro atoms. The molecule has 2 aromatic rings. The van der Waals surface area contributed by atoms with Gasteiger partial charge in [-0.1, -0.05) is 0 Å². The molecule has 0 saturated carbocycles. The number of nitrogens with one attached hydrogen (secondary N) is 2. The second kappa shape index (κ2) is 5.92. The Morgan fingerprint density at radius 1 is 0.850 bits per heavy atom. The lowest BCUT2D eigenvalue weighted by molar-refractivity contribution is 0.401. The average molecular weight is 270 g/mol. The molecule has 0 radical (unpaired) electrons. The van der Waals surface area contributed by atoms with Crippen molar-refractivity contribution >= 4 is 11.8 Å². The minimum Gasteiger partial charge on any atom is -0.481 e. The highest BCUT2D eigenvalue weighted by Crippen LogP contribution is 2.17. The van der Waals surface area contributed by atoms with Crippen molar-refractivity contribution in [2.75, 3.05) is 14.2 Å². The molecular weight excluding hydrogens is 256 g/mol. The van der Waals surface area contributed by atoms with Crippen LogP contribution in [-0.2, 0) is 9.47 Å². The third-order valence-corrected chi connectivity index (χ3v) is 2.71. The summed E-state index contributed by atoms with van der Waals surface area (Å²) >= 11 is 0. The summed E-state index contributed by atoms with van der Waals surface area (Å²) in [5.41, 5.74) is 2.45. The summed E-state index contributed by atoms with van der Waals surface area (Å²) in [6.07, 6.45) is 3.18. The Hall–Kier alpha value is -2.76. The second-order valence-electron chi connectivity index (χ2n) is 3.93. The Labute approximate surface area is 116 Å². The molecule has 6 nitrogen and oxygen atoms in total. The highest BCUT2D eigenvalue weighted by atomic mass is 16.5. The first kappa shape index (κ1) is 13.7. The maximum Gasteiger partial charge on any atom is 0.213 e. The molecule has 20 heavy (non-hydrogen) atoms. The smallest absolute Gasteiger partial charge is 0.213 e. The zero-order valence-electron chi connectivity index (χ0n) is 11.2. The largest absolute Gasteiger partial charge is 0.481 e. The number of hydrogen-bond donors (Lipinski definition) is 2. The van der Waals surface area contributed by atoms with Crippen LogP contribution in [-0.4, -0.2) is 36.0 Å². The average Bonchev–Trinajstić information content (AvgIpc) is 2.53. The quantitative estimate of drug-likeness (QED) is 0.659. The van der Waals surface area contributed by atoms with Crippen LogP contribution in [0.25, 0.3) is 11.4 Å². The van der Waals surface area contributed by atoms with Gasteiger partial charge in [-0.2, -0.15) is 0 Å². The molecule has 0 unspecified atom stereocenters. The summed E-state index contributed by atoms with van der Waals surface area (Å²) in [6, 6.07) is 6.81. The number of ether oxygens (including phenoxy) is 2. The molecule has 6 heteroatoms. The van der Waals surface area contributed by atoms with E-state index in [-0.39, 0.29) is 11.8 Å². The van der Waals surface area contributed by atoms with Gasteiger partial charge in [-0.15, -0.1) is 0 Å². The van der Waals surface area contributed by atoms with Crippen molar-refractivity contribution < 1.29 is 9.47 Å². The van der Waals surface area contributed by atoms with Crippen LogP contribution in [0.1, 0.15) is 11.1 Å². The van der Waals surface area contributed by atoms with E-state index < -0.39 is 0 Å². The van der Waals surface area contributed by atoms with Gasteiger partial charge in [-0.3, -0.25) is 20.8 Å². The molecule has 2 N–H and O–H groups in total. The topological polar surface area (TPSA) is 91.9 Å². The lowest BCUT2D eigenvalue weighted by atomic mass is 10.1. The van der Waals surface area contributed by atoms with Gasteiger partial charge >= 0.3 is 0 Å². The molecule has 0 aromatic carbocycles. The maximum absolute atomic E-state index is 7.65. The number of pyridine rings is 2. The van der Waals surface area contributed by atoms with Gasteiger partial charge in [0.25, 0.3) is 0 Å². The molecular formula is C14H14N4O2. The Balaban J connectivity index is 2.41. The highest BCUT2D eigenvalue weighted by Gasteiger charge is 2.08. The van der Waals surface area contributed by atoms with Crippen LogP contribution in [0, 0.1) is 10.8 Å². The van der Waals surface area contributed by atoms with Gasteiger partial charge in [-0.05, 0) is 24.3 Å². The Morgan fingerprint density at radius 3 is 1.60 bits per heavy atom. The van der Waals surface area contributed by atoms with Gasteiger partial charge in [0.2, 0.25) is 11.8 Å². The minimum absolute atomic E-state index is 0.0643. The van der Waals surface area contributed by atoms with Crippen molar-refractivity contribution in [3.63, 3.8) is 0 Å². The van der Waals surface area contributed by atoms with Crippen molar-refractivity contribution in [2.45, 2.75) is 0 Å². The van der Waals surface area contributed by atoms with E-state index in [4.69, 9.17) is 20.3 Å². The normalized spacial score (nSPS) is 9.90. The van der Waals surface area contributed by atoms with Crippen LogP contribution < -0.4 is 0 Å². The van der Waals surface area contributed by atoms with Crippen LogP contribution in [0.15, 0.2) is 36.7 Å². The second-order valence-corrected chi connectivity index (χ2v) is 3.93. The number of methoxy groups -OCH3 is 2. The van der Waals surface area contributed by atoms with E-state index in [9.17, 15) is 0 Å². The Bertz CT molecular complexity index is 598. The van der Waals surface area contributed by atoms with E-state index in [1.54, 1.807) is 36.7 Å². The number of nitrogens with zero attached hydrogens (tertiary/aromatic N) is 2. The molecule has 0 atom stereocenters. The Morgan fingerprint density at radius 2 is 1.25 bits per heavy atom. The van der Waals surface area contributed by atoms with Crippen LogP contribution in [0.5, 0.6) is 0 Å². The van der Waals surface area contributed by atoms with Gasteiger partial charge in [0.05, 0.1) is 25.6 Å². The third-order valence-electron chi connectivity index (χ3n) is 2.71. The van der Waals surface area contributed by atoms with Crippen LogP contribution in [0.2, 0.25) is 0 Å². The van der Waals surface area contributed by atoms with E-state index >= 15 is 0 Å². The Kier molecular flexibility index (Phi) is 4.05. The molecule has 0 saturated heterocycles. The van der Waals surface area contributed by atoms with E-state index in [1.807, 2.05) is 0 Å². The fourth-order valence-electron chi connectivity index (χ4n) is 1.66. The molecule has 0 amide bonds. The van der Waals surface area contributed by atoms with Gasteiger partial charge in [0.15, 0.2) is 0 Å². The van der Waals surface area contributed by atoms with Gasteiger partial charge in [0, 0.05) is 23.5 Å². The molecule has 2 aromatic heterocycles. The molecule has 2 heterocycles. The van der Waals surface area contributed by atoms with Gasteiger partial charge in [0.1, 0.15) is 0 Å². The van der Waals surface area contributed by atoms with Gasteiger partial charge < -0.3 is 9.47 Å². The number of aromatic nitrogens is 2. The van der Waals surface area contributed by atoms with Crippen LogP contribution >= 0.6 is 0 Å². The summed E-state index contributed by atoms with van der Waals surface area (Å²) in [5, 5.41) is 15.3. The highest BCUT2D eigenvalue weighted by molar-refractivity contribution is 5.93. The minimum atomic E-state index is 0.0643. The lowest BCUT2D eigenvalue weighted by Gasteiger charge is -2.06. The zero-order valence-corrected chi connectivity index (χ0v) is 11.2. The third kappa shape index (κ3) is 2.80. The molecule has 0 aliphatic rings. The lowest BCUT2D eigenvalue weighted by Crippen LogP contribution is -2.04. The summed E-state index contributed by atoms with van der Waals surface area (Å²) in [6.45, 7) is 0. The van der Waals surface area contributed by atoms with Crippen molar-refractivity contribution in [3.05, 3.63) is 47.8 Å². The number of rotatable bonds is 3. The first-order valence-electron chi connectivity index (χ1n) is 5.84. The maximum atomic E-state index is 7.65. The molecule has 102 valence electrons. The van der Waals surface area contributed by atoms with E-state index in [1.165, 1.54) is 14.2 Å². The summed E-state index contributed by atoms with van der Waals surface area (Å²) < 4.78 is 9.77. The van der Waals surface area contributed by atoms with E-state index in [0.717, 1.165) is 0 Å². The fourth-order valence-corrected chi connectivity index (χ4v) is 1.66. The molecule has 0 bridgehead atoms. The zero-order chi connectivity index (χ0) is 14.5. The molecule has 0 fully saturated rings. The summed E-state index contributed by atoms with van der Waals surface area (Å²) in [5.74, 6) is 0.129. The predicted octanol–water partition coefficient (Wildman–Crippen LogP) is 2.09. The predicted molar refractivity (Wildman–Crippen MR) is 75.1 cm³/mol. The van der Waals surface area contributed by atoms with E-state index in [0.29, 0.717) is 22.5 Å². The first-order valence-corrected chi connectivity index (χ1v) is 5.84. The molecule has 2 rings (SSSR count). The SMILES string of the molecule is COC(=N)c1ccnc(-c2cc(C(=N)OC)ccn2)c1. The summed E-state index contributed by atoms with van der Waals surface area (Å²) in [4.78, 5) is 8.45. The standard InChI is InChI=1S/C14H14N4O2/c1-19-13(15)9-3-5-17-11(7-9)12-8-10(4-6-18-12)14(16)20-2/h3-8,15-16H,1-2H3. The van der Waals surface area contributed by atoms with Crippen LogP contribution in [0.4, 0.5) is 0 Å².